The number of nitrogens with two attached hydrogens (primary N) is 1. The number of nitrogens with zero attached hydrogens (tertiary/aromatic N) is 1. The molecule has 0 bridgehead atoms. The average Bonchev–Trinajstić information content (AvgIpc) is 2.78. The first-order valence-corrected chi connectivity index (χ1v) is 8.34. The van der Waals surface area contributed by atoms with Gasteiger partial charge in [-0.25, -0.2) is 8.42 Å². The average molecular weight is 294 g/mol. The molecular formula is C11H22N2O3S2. The molecule has 1 fully saturated rings. The Morgan fingerprint density at radius 3 is 2.56 bits per heavy atom. The van der Waals surface area contributed by atoms with Crippen molar-refractivity contribution in [3.63, 3.8) is 0 Å². The molecule has 1 aliphatic carbocycles. The second kappa shape index (κ2) is 7.37. The van der Waals surface area contributed by atoms with Gasteiger partial charge in [0.2, 0.25) is 10.0 Å². The van der Waals surface area contributed by atoms with Crippen molar-refractivity contribution in [2.45, 2.75) is 38.6 Å². The first-order valence-electron chi connectivity index (χ1n) is 6.33. The fraction of sp³-hybridized carbons (Fsp3) is 0.909. The van der Waals surface area contributed by atoms with E-state index in [2.05, 4.69) is 0 Å². The maximum absolute atomic E-state index is 12.3. The Kier molecular flexibility index (Phi) is 6.48. The normalized spacial score (nSPS) is 17.4. The van der Waals surface area contributed by atoms with Gasteiger partial charge in [-0.2, -0.15) is 4.31 Å². The van der Waals surface area contributed by atoms with Gasteiger partial charge < -0.3 is 10.5 Å². The van der Waals surface area contributed by atoms with Crippen LogP contribution >= 0.6 is 12.2 Å². The molecule has 0 amide bonds. The molecule has 1 aliphatic rings. The lowest BCUT2D eigenvalue weighted by molar-refractivity contribution is 0.162. The summed E-state index contributed by atoms with van der Waals surface area (Å²) in [6.45, 7) is 2.73. The van der Waals surface area contributed by atoms with Gasteiger partial charge in [0.05, 0.1) is 23.9 Å². The molecule has 5 nitrogen and oxygen atoms in total. The molecule has 0 radical (unpaired) electrons. The van der Waals surface area contributed by atoms with Crippen LogP contribution in [0.3, 0.4) is 0 Å². The predicted octanol–water partition coefficient (Wildman–Crippen LogP) is 0.883. The smallest absolute Gasteiger partial charge is 0.217 e. The van der Waals surface area contributed by atoms with Crippen molar-refractivity contribution < 1.29 is 13.2 Å². The maximum atomic E-state index is 12.3. The second-order valence-electron chi connectivity index (χ2n) is 4.46. The van der Waals surface area contributed by atoms with Gasteiger partial charge in [0, 0.05) is 12.6 Å². The van der Waals surface area contributed by atoms with Crippen molar-refractivity contribution in [2.75, 3.05) is 25.5 Å². The van der Waals surface area contributed by atoms with Crippen LogP contribution < -0.4 is 5.73 Å². The molecular weight excluding hydrogens is 272 g/mol. The molecule has 0 unspecified atom stereocenters. The fourth-order valence-corrected chi connectivity index (χ4v) is 4.01. The fourth-order valence-electron chi connectivity index (χ4n) is 2.23. The molecule has 1 saturated carbocycles. The molecule has 18 heavy (non-hydrogen) atoms. The number of thiocarbonyl (C=S) groups is 1. The van der Waals surface area contributed by atoms with E-state index >= 15 is 0 Å². The molecule has 0 aromatic carbocycles. The Hall–Kier alpha value is -0.240. The van der Waals surface area contributed by atoms with Crippen LogP contribution in [0.5, 0.6) is 0 Å². The largest absolute Gasteiger partial charge is 0.392 e. The third kappa shape index (κ3) is 4.79. The second-order valence-corrected chi connectivity index (χ2v) is 7.03. The molecule has 0 heterocycles. The van der Waals surface area contributed by atoms with Gasteiger partial charge in [0.1, 0.15) is 0 Å². The zero-order chi connectivity index (χ0) is 13.6. The van der Waals surface area contributed by atoms with Gasteiger partial charge in [-0.05, 0) is 19.8 Å². The van der Waals surface area contributed by atoms with Crippen LogP contribution in [0.15, 0.2) is 0 Å². The molecule has 0 aromatic heterocycles. The minimum absolute atomic E-state index is 0.0000463. The van der Waals surface area contributed by atoms with Crippen molar-refractivity contribution >= 4 is 27.2 Å². The highest BCUT2D eigenvalue weighted by Crippen LogP contribution is 2.25. The van der Waals surface area contributed by atoms with Crippen molar-refractivity contribution in [3.05, 3.63) is 0 Å². The third-order valence-corrected chi connectivity index (χ3v) is 5.04. The lowest BCUT2D eigenvalue weighted by Crippen LogP contribution is -2.45. The first-order chi connectivity index (χ1) is 8.47. The minimum Gasteiger partial charge on any atom is -0.392 e. The van der Waals surface area contributed by atoms with Crippen molar-refractivity contribution in [1.29, 1.82) is 0 Å². The summed E-state index contributed by atoms with van der Waals surface area (Å²) >= 11 is 4.85. The van der Waals surface area contributed by atoms with Crippen molar-refractivity contribution in [2.24, 2.45) is 5.73 Å². The topological polar surface area (TPSA) is 72.6 Å². The van der Waals surface area contributed by atoms with Crippen LogP contribution in [0.4, 0.5) is 0 Å². The highest BCUT2D eigenvalue weighted by atomic mass is 32.2. The molecule has 0 aliphatic heterocycles. The van der Waals surface area contributed by atoms with E-state index in [0.717, 1.165) is 25.7 Å². The third-order valence-electron chi connectivity index (χ3n) is 3.09. The van der Waals surface area contributed by atoms with E-state index in [1.54, 1.807) is 0 Å². The maximum Gasteiger partial charge on any atom is 0.217 e. The molecule has 2 N–H and O–H groups in total. The van der Waals surface area contributed by atoms with Gasteiger partial charge >= 0.3 is 0 Å². The summed E-state index contributed by atoms with van der Waals surface area (Å²) in [4.78, 5) is 0.224. The summed E-state index contributed by atoms with van der Waals surface area (Å²) in [5, 5.41) is 0. The number of hydrogen-bond acceptors (Lipinski definition) is 4. The van der Waals surface area contributed by atoms with Crippen LogP contribution in [0.2, 0.25) is 0 Å². The molecule has 7 heteroatoms. The molecule has 106 valence electrons. The van der Waals surface area contributed by atoms with Crippen LogP contribution in [-0.4, -0.2) is 49.3 Å². The molecule has 0 spiro atoms. The van der Waals surface area contributed by atoms with E-state index < -0.39 is 10.0 Å². The Balaban J connectivity index is 2.70. The van der Waals surface area contributed by atoms with E-state index in [9.17, 15) is 8.42 Å². The van der Waals surface area contributed by atoms with Gasteiger partial charge in [-0.15, -0.1) is 0 Å². The standard InChI is InChI=1S/C11H22N2O3S2/c1-2-16-7-8-18(14,15)13(9-11(12)17)10-5-3-4-6-10/h10H,2-9H2,1H3,(H2,12,17). The van der Waals surface area contributed by atoms with E-state index in [0.29, 0.717) is 6.61 Å². The van der Waals surface area contributed by atoms with Crippen LogP contribution in [0.1, 0.15) is 32.6 Å². The van der Waals surface area contributed by atoms with Gasteiger partial charge in [-0.3, -0.25) is 0 Å². The molecule has 1 rings (SSSR count). The Morgan fingerprint density at radius 1 is 1.44 bits per heavy atom. The van der Waals surface area contributed by atoms with E-state index in [-0.39, 0.29) is 29.9 Å². The SMILES string of the molecule is CCOCCS(=O)(=O)N(CC(N)=S)C1CCCC1. The van der Waals surface area contributed by atoms with Crippen molar-refractivity contribution in [3.8, 4) is 0 Å². The molecule has 0 saturated heterocycles. The van der Waals surface area contributed by atoms with Gasteiger partial charge in [0.25, 0.3) is 0 Å². The zero-order valence-corrected chi connectivity index (χ0v) is 12.4. The monoisotopic (exact) mass is 294 g/mol. The van der Waals surface area contributed by atoms with E-state index in [1.807, 2.05) is 6.92 Å². The number of ether oxygens (including phenoxy) is 1. The van der Waals surface area contributed by atoms with E-state index in [4.69, 9.17) is 22.7 Å². The number of rotatable bonds is 8. The predicted molar refractivity (Wildman–Crippen MR) is 76.0 cm³/mol. The van der Waals surface area contributed by atoms with Gasteiger partial charge in [0.15, 0.2) is 0 Å². The highest BCUT2D eigenvalue weighted by Gasteiger charge is 2.31. The summed E-state index contributed by atoms with van der Waals surface area (Å²) in [7, 11) is -3.33. The first kappa shape index (κ1) is 15.8. The summed E-state index contributed by atoms with van der Waals surface area (Å²) in [5.41, 5.74) is 5.51. The number of sulfonamides is 1. The van der Waals surface area contributed by atoms with Gasteiger partial charge in [-0.1, -0.05) is 25.1 Å². The summed E-state index contributed by atoms with van der Waals surface area (Å²) < 4.78 is 31.1. The van der Waals surface area contributed by atoms with E-state index in [1.165, 1.54) is 4.31 Å². The lowest BCUT2D eigenvalue weighted by atomic mass is 10.2. The molecule has 0 aromatic rings. The minimum atomic E-state index is -3.33. The number of hydrogen-bond donors (Lipinski definition) is 1. The summed E-state index contributed by atoms with van der Waals surface area (Å²) in [6, 6.07) is 0.0538. The Bertz CT molecular complexity index is 364. The quantitative estimate of drug-likeness (QED) is 0.531. The van der Waals surface area contributed by atoms with Crippen LogP contribution in [-0.2, 0) is 14.8 Å². The Labute approximate surface area is 115 Å². The van der Waals surface area contributed by atoms with Crippen LogP contribution in [0.25, 0.3) is 0 Å². The molecule has 0 atom stereocenters. The van der Waals surface area contributed by atoms with Crippen LogP contribution in [0, 0.1) is 0 Å². The van der Waals surface area contributed by atoms with Crippen molar-refractivity contribution in [1.82, 2.24) is 4.31 Å². The Morgan fingerprint density at radius 2 is 2.06 bits per heavy atom. The summed E-state index contributed by atoms with van der Waals surface area (Å²) in [5.74, 6) is -0.0000463. The lowest BCUT2D eigenvalue weighted by Gasteiger charge is -2.27. The summed E-state index contributed by atoms with van der Waals surface area (Å²) in [6.07, 6.45) is 3.94. The zero-order valence-electron chi connectivity index (χ0n) is 10.8. The highest BCUT2D eigenvalue weighted by molar-refractivity contribution is 7.89.